The molecule has 1 aromatic carbocycles. The van der Waals surface area contributed by atoms with Gasteiger partial charge in [0.2, 0.25) is 0 Å². The molecule has 0 aliphatic rings. The second-order valence-electron chi connectivity index (χ2n) is 3.19. The van der Waals surface area contributed by atoms with Crippen molar-refractivity contribution in [2.24, 2.45) is 0 Å². The van der Waals surface area contributed by atoms with Crippen molar-refractivity contribution in [2.75, 3.05) is 5.73 Å². The Kier molecular flexibility index (Phi) is 1.53. The molecule has 15 heavy (non-hydrogen) atoms. The number of rotatable bonds is 1. The Labute approximate surface area is 84.4 Å². The third kappa shape index (κ3) is 1.25. The highest BCUT2D eigenvalue weighted by Gasteiger charge is 2.06. The van der Waals surface area contributed by atoms with Gasteiger partial charge in [0.25, 0.3) is 0 Å². The van der Waals surface area contributed by atoms with Crippen LogP contribution < -0.4 is 5.73 Å². The first kappa shape index (κ1) is 8.05. The van der Waals surface area contributed by atoms with Gasteiger partial charge in [0.05, 0.1) is 6.20 Å². The first-order chi connectivity index (χ1) is 7.33. The fourth-order valence-electron chi connectivity index (χ4n) is 1.44. The summed E-state index contributed by atoms with van der Waals surface area (Å²) in [6.07, 6.45) is 1.66. The first-order valence-electron chi connectivity index (χ1n) is 4.40. The van der Waals surface area contributed by atoms with Crippen molar-refractivity contribution in [3.05, 3.63) is 30.5 Å². The molecule has 74 valence electrons. The summed E-state index contributed by atoms with van der Waals surface area (Å²) in [5.74, 6) is 0.980. The van der Waals surface area contributed by atoms with Crippen LogP contribution in [0.15, 0.2) is 39.5 Å². The van der Waals surface area contributed by atoms with Crippen molar-refractivity contribution < 1.29 is 9.05 Å². The van der Waals surface area contributed by atoms with E-state index in [0.717, 1.165) is 10.9 Å². The standard InChI is InChI=1S/C10H7N3O2/c11-10-4-9(15-13-10)6-1-2-7-5-12-14-8(7)3-6/h1-5H,(H2,11,13). The van der Waals surface area contributed by atoms with Gasteiger partial charge in [-0.1, -0.05) is 16.4 Å². The average molecular weight is 201 g/mol. The molecule has 5 nitrogen and oxygen atoms in total. The van der Waals surface area contributed by atoms with Crippen LogP contribution in [0.3, 0.4) is 0 Å². The van der Waals surface area contributed by atoms with E-state index in [2.05, 4.69) is 10.3 Å². The van der Waals surface area contributed by atoms with Crippen LogP contribution in [0.25, 0.3) is 22.3 Å². The number of nitrogens with two attached hydrogens (primary N) is 1. The minimum Gasteiger partial charge on any atom is -0.381 e. The zero-order chi connectivity index (χ0) is 10.3. The van der Waals surface area contributed by atoms with E-state index in [-0.39, 0.29) is 0 Å². The number of hydrogen-bond acceptors (Lipinski definition) is 5. The molecule has 0 saturated carbocycles. The van der Waals surface area contributed by atoms with Gasteiger partial charge >= 0.3 is 0 Å². The maximum absolute atomic E-state index is 5.47. The summed E-state index contributed by atoms with van der Waals surface area (Å²) in [6, 6.07) is 7.30. The van der Waals surface area contributed by atoms with Gasteiger partial charge in [-0.15, -0.1) is 0 Å². The Morgan fingerprint density at radius 1 is 1.13 bits per heavy atom. The number of nitrogen functional groups attached to an aromatic ring is 1. The summed E-state index contributed by atoms with van der Waals surface area (Å²) in [5, 5.41) is 8.26. The molecule has 0 saturated heterocycles. The third-order valence-corrected chi connectivity index (χ3v) is 2.17. The number of anilines is 1. The summed E-state index contributed by atoms with van der Waals surface area (Å²) in [7, 11) is 0. The van der Waals surface area contributed by atoms with Gasteiger partial charge in [-0.05, 0) is 12.1 Å². The van der Waals surface area contributed by atoms with E-state index >= 15 is 0 Å². The molecule has 2 heterocycles. The fraction of sp³-hybridized carbons (Fsp3) is 0. The highest BCUT2D eigenvalue weighted by Crippen LogP contribution is 2.25. The number of benzene rings is 1. The number of nitrogens with zero attached hydrogens (tertiary/aromatic N) is 2. The van der Waals surface area contributed by atoms with E-state index in [0.29, 0.717) is 17.2 Å². The van der Waals surface area contributed by atoms with Crippen LogP contribution >= 0.6 is 0 Å². The van der Waals surface area contributed by atoms with Crippen molar-refractivity contribution in [2.45, 2.75) is 0 Å². The van der Waals surface area contributed by atoms with Gasteiger partial charge in [-0.3, -0.25) is 0 Å². The van der Waals surface area contributed by atoms with Crippen molar-refractivity contribution in [1.82, 2.24) is 10.3 Å². The van der Waals surface area contributed by atoms with Crippen LogP contribution in [0.4, 0.5) is 5.82 Å². The summed E-state index contributed by atoms with van der Waals surface area (Å²) >= 11 is 0. The van der Waals surface area contributed by atoms with Gasteiger partial charge in [0.15, 0.2) is 17.2 Å². The van der Waals surface area contributed by atoms with Gasteiger partial charge in [-0.25, -0.2) is 0 Å². The molecule has 0 aliphatic carbocycles. The molecule has 2 N–H and O–H groups in total. The van der Waals surface area contributed by atoms with E-state index in [9.17, 15) is 0 Å². The maximum Gasteiger partial charge on any atom is 0.169 e. The predicted octanol–water partition coefficient (Wildman–Crippen LogP) is 2.06. The quantitative estimate of drug-likeness (QED) is 0.651. The van der Waals surface area contributed by atoms with Crippen LogP contribution in [-0.2, 0) is 0 Å². The van der Waals surface area contributed by atoms with Crippen LogP contribution in [0.1, 0.15) is 0 Å². The number of fused-ring (bicyclic) bond motifs is 1. The molecule has 0 unspecified atom stereocenters. The second kappa shape index (κ2) is 2.84. The van der Waals surface area contributed by atoms with E-state index < -0.39 is 0 Å². The van der Waals surface area contributed by atoms with E-state index in [1.54, 1.807) is 12.3 Å². The molecule has 0 aliphatic heterocycles. The van der Waals surface area contributed by atoms with Crippen LogP contribution in [0.2, 0.25) is 0 Å². The third-order valence-electron chi connectivity index (χ3n) is 2.17. The lowest BCUT2D eigenvalue weighted by Gasteiger charge is -1.93. The Morgan fingerprint density at radius 2 is 2.07 bits per heavy atom. The summed E-state index contributed by atoms with van der Waals surface area (Å²) in [4.78, 5) is 0. The van der Waals surface area contributed by atoms with E-state index in [1.807, 2.05) is 18.2 Å². The van der Waals surface area contributed by atoms with Crippen molar-refractivity contribution in [1.29, 1.82) is 0 Å². The monoisotopic (exact) mass is 201 g/mol. The topological polar surface area (TPSA) is 78.1 Å². The fourth-order valence-corrected chi connectivity index (χ4v) is 1.44. The van der Waals surface area contributed by atoms with E-state index in [1.165, 1.54) is 0 Å². The van der Waals surface area contributed by atoms with Crippen molar-refractivity contribution >= 4 is 16.8 Å². The Hall–Kier alpha value is -2.30. The summed E-state index contributed by atoms with van der Waals surface area (Å²) in [6.45, 7) is 0. The predicted molar refractivity (Wildman–Crippen MR) is 53.9 cm³/mol. The largest absolute Gasteiger partial charge is 0.381 e. The molecular weight excluding hydrogens is 194 g/mol. The zero-order valence-corrected chi connectivity index (χ0v) is 7.68. The van der Waals surface area contributed by atoms with Gasteiger partial charge in [0.1, 0.15) is 0 Å². The second-order valence-corrected chi connectivity index (χ2v) is 3.19. The molecule has 5 heteroatoms. The van der Waals surface area contributed by atoms with Crippen molar-refractivity contribution in [3.8, 4) is 11.3 Å². The van der Waals surface area contributed by atoms with Gasteiger partial charge in [-0.2, -0.15) is 0 Å². The molecule has 3 aromatic rings. The molecular formula is C10H7N3O2. The molecule has 3 rings (SSSR count). The Balaban J connectivity index is 2.18. The molecule has 2 aromatic heterocycles. The van der Waals surface area contributed by atoms with Crippen LogP contribution in [0, 0.1) is 0 Å². The molecule has 0 amide bonds. The number of hydrogen-bond donors (Lipinski definition) is 1. The lowest BCUT2D eigenvalue weighted by atomic mass is 10.1. The maximum atomic E-state index is 5.47. The minimum atomic E-state index is 0.364. The number of aromatic nitrogens is 2. The van der Waals surface area contributed by atoms with Crippen LogP contribution in [0.5, 0.6) is 0 Å². The average Bonchev–Trinajstić information content (AvgIpc) is 2.84. The lowest BCUT2D eigenvalue weighted by molar-refractivity contribution is 0.435. The Bertz CT molecular complexity index is 612. The molecule has 0 radical (unpaired) electrons. The zero-order valence-electron chi connectivity index (χ0n) is 7.68. The normalized spacial score (nSPS) is 10.9. The SMILES string of the molecule is Nc1cc(-c2ccc3cnoc3c2)on1. The molecule has 0 bridgehead atoms. The van der Waals surface area contributed by atoms with Gasteiger partial charge in [0, 0.05) is 17.0 Å². The minimum absolute atomic E-state index is 0.364. The molecule has 0 atom stereocenters. The summed E-state index contributed by atoms with van der Waals surface area (Å²) in [5.41, 5.74) is 7.04. The summed E-state index contributed by atoms with van der Waals surface area (Å²) < 4.78 is 10.1. The van der Waals surface area contributed by atoms with Gasteiger partial charge < -0.3 is 14.8 Å². The van der Waals surface area contributed by atoms with Crippen molar-refractivity contribution in [3.63, 3.8) is 0 Å². The highest BCUT2D eigenvalue weighted by atomic mass is 16.5. The Morgan fingerprint density at radius 3 is 2.87 bits per heavy atom. The van der Waals surface area contributed by atoms with Crippen LogP contribution in [-0.4, -0.2) is 10.3 Å². The first-order valence-corrected chi connectivity index (χ1v) is 4.40. The molecule has 0 spiro atoms. The highest BCUT2D eigenvalue weighted by molar-refractivity contribution is 5.81. The molecule has 0 fully saturated rings. The lowest BCUT2D eigenvalue weighted by Crippen LogP contribution is -1.79. The smallest absolute Gasteiger partial charge is 0.169 e. The van der Waals surface area contributed by atoms with E-state index in [4.69, 9.17) is 14.8 Å².